The third kappa shape index (κ3) is 3.75. The quantitative estimate of drug-likeness (QED) is 0.450. The summed E-state index contributed by atoms with van der Waals surface area (Å²) >= 11 is 0. The number of carbonyl (C=O) groups excluding carboxylic acids is 1. The van der Waals surface area contributed by atoms with E-state index in [1.807, 2.05) is 13.8 Å². The molecule has 0 rings (SSSR count). The molecule has 0 atom stereocenters. The molecular weight excluding hydrogens is 167 g/mol. The molecule has 3 heteroatoms. The van der Waals surface area contributed by atoms with Gasteiger partial charge < -0.3 is 4.74 Å². The fourth-order valence-corrected chi connectivity index (χ4v) is 0.357. The fourth-order valence-electron chi connectivity index (χ4n) is 0.357. The average Bonchev–Trinajstić information content (AvgIpc) is 1.84. The minimum Gasteiger partial charge on any atom is -0.466 e. The van der Waals surface area contributed by atoms with Gasteiger partial charge in [-0.15, -0.1) is 0 Å². The molecule has 0 heterocycles. The van der Waals surface area contributed by atoms with Gasteiger partial charge in [0.05, 0.1) is 7.11 Å². The molecule has 0 aromatic heterocycles. The fraction of sp³-hybridized carbons (Fsp3) is 0.571. The zero-order valence-electron chi connectivity index (χ0n) is 6.76. The summed E-state index contributed by atoms with van der Waals surface area (Å²) in [5.74, 6) is -0.241. The number of carbonyl (C=O) groups is 1. The zero-order chi connectivity index (χ0) is 7.44. The van der Waals surface area contributed by atoms with Gasteiger partial charge in [-0.25, -0.2) is 4.79 Å². The smallest absolute Gasteiger partial charge is 0.333 e. The van der Waals surface area contributed by atoms with E-state index in [1.165, 1.54) is 7.11 Å². The van der Waals surface area contributed by atoms with Crippen LogP contribution in [0.4, 0.5) is 0 Å². The van der Waals surface area contributed by atoms with E-state index in [-0.39, 0.29) is 24.5 Å². The molecule has 2 nitrogen and oxygen atoms in total. The first-order valence-electron chi connectivity index (χ1n) is 2.82. The van der Waals surface area contributed by atoms with Crippen LogP contribution in [0.1, 0.15) is 20.8 Å². The van der Waals surface area contributed by atoms with E-state index in [0.717, 1.165) is 5.57 Å². The number of methoxy groups -OCH3 is 1. The third-order valence-electron chi connectivity index (χ3n) is 1.24. The van der Waals surface area contributed by atoms with E-state index in [2.05, 4.69) is 4.74 Å². The van der Waals surface area contributed by atoms with Crippen molar-refractivity contribution < 1.29 is 28.1 Å². The summed E-state index contributed by atoms with van der Waals surface area (Å²) in [6.07, 6.45) is 0. The molecule has 1 radical (unpaired) electrons. The van der Waals surface area contributed by atoms with Gasteiger partial charge >= 0.3 is 5.97 Å². The van der Waals surface area contributed by atoms with Crippen molar-refractivity contribution in [2.75, 3.05) is 7.11 Å². The van der Waals surface area contributed by atoms with E-state index < -0.39 is 0 Å². The summed E-state index contributed by atoms with van der Waals surface area (Å²) in [6, 6.07) is 0. The van der Waals surface area contributed by atoms with Crippen LogP contribution in [0.3, 0.4) is 0 Å². The number of rotatable bonds is 1. The number of esters is 1. The molecule has 0 bridgehead atoms. The third-order valence-corrected chi connectivity index (χ3v) is 1.24. The van der Waals surface area contributed by atoms with Gasteiger partial charge in [0.2, 0.25) is 0 Å². The van der Waals surface area contributed by atoms with Crippen LogP contribution in [-0.4, -0.2) is 13.1 Å². The Balaban J connectivity index is 0. The Morgan fingerprint density at radius 2 is 1.60 bits per heavy atom. The van der Waals surface area contributed by atoms with Gasteiger partial charge in [-0.3, -0.25) is 0 Å². The predicted molar refractivity (Wildman–Crippen MR) is 36.1 cm³/mol. The van der Waals surface area contributed by atoms with E-state index in [4.69, 9.17) is 0 Å². The molecule has 0 aliphatic rings. The van der Waals surface area contributed by atoms with Crippen molar-refractivity contribution in [1.82, 2.24) is 0 Å². The van der Waals surface area contributed by atoms with Crippen molar-refractivity contribution in [2.45, 2.75) is 20.8 Å². The van der Waals surface area contributed by atoms with Crippen LogP contribution < -0.4 is 0 Å². The molecule has 0 saturated heterocycles. The maximum Gasteiger partial charge on any atom is 0.333 e. The predicted octanol–water partition coefficient (Wildman–Crippen LogP) is 1.51. The normalized spacial score (nSPS) is 7.60. The largest absolute Gasteiger partial charge is 0.466 e. The van der Waals surface area contributed by atoms with Crippen molar-refractivity contribution in [3.05, 3.63) is 11.1 Å². The summed E-state index contributed by atoms with van der Waals surface area (Å²) in [6.45, 7) is 5.51. The summed E-state index contributed by atoms with van der Waals surface area (Å²) in [7, 11) is 1.38. The molecule has 0 amide bonds. The standard InChI is InChI=1S/C7H12O2.V/c1-5(2)6(3)7(8)9-4;/h1-4H3;. The van der Waals surface area contributed by atoms with Gasteiger partial charge in [-0.1, -0.05) is 5.57 Å². The summed E-state index contributed by atoms with van der Waals surface area (Å²) < 4.78 is 4.48. The second-order valence-electron chi connectivity index (χ2n) is 2.12. The van der Waals surface area contributed by atoms with Gasteiger partial charge in [0.25, 0.3) is 0 Å². The summed E-state index contributed by atoms with van der Waals surface area (Å²) in [4.78, 5) is 10.7. The molecule has 0 aromatic rings. The first-order valence-corrected chi connectivity index (χ1v) is 2.82. The Morgan fingerprint density at radius 1 is 1.20 bits per heavy atom. The molecule has 0 unspecified atom stereocenters. The average molecular weight is 179 g/mol. The van der Waals surface area contributed by atoms with Crippen molar-refractivity contribution in [2.24, 2.45) is 0 Å². The van der Waals surface area contributed by atoms with Crippen LogP contribution in [0.5, 0.6) is 0 Å². The number of hydrogen-bond donors (Lipinski definition) is 0. The molecule has 0 fully saturated rings. The van der Waals surface area contributed by atoms with Crippen LogP contribution in [0.25, 0.3) is 0 Å². The zero-order valence-corrected chi connectivity index (χ0v) is 8.16. The Hall–Kier alpha value is -0.206. The Kier molecular flexibility index (Phi) is 6.94. The van der Waals surface area contributed by atoms with Gasteiger partial charge in [0, 0.05) is 24.1 Å². The Bertz CT molecular complexity index is 146. The minimum absolute atomic E-state index is 0. The molecule has 57 valence electrons. The van der Waals surface area contributed by atoms with Crippen LogP contribution >= 0.6 is 0 Å². The van der Waals surface area contributed by atoms with Crippen molar-refractivity contribution in [1.29, 1.82) is 0 Å². The Morgan fingerprint density at radius 3 is 1.70 bits per heavy atom. The molecule has 10 heavy (non-hydrogen) atoms. The van der Waals surface area contributed by atoms with Crippen LogP contribution in [0, 0.1) is 0 Å². The molecule has 0 spiro atoms. The van der Waals surface area contributed by atoms with E-state index >= 15 is 0 Å². The maximum atomic E-state index is 10.7. The minimum atomic E-state index is -0.241. The summed E-state index contributed by atoms with van der Waals surface area (Å²) in [5, 5.41) is 0. The SMILES string of the molecule is COC(=O)C(C)=C(C)C.[V]. The van der Waals surface area contributed by atoms with Crippen LogP contribution in [-0.2, 0) is 28.1 Å². The van der Waals surface area contributed by atoms with Crippen molar-refractivity contribution in [3.8, 4) is 0 Å². The molecule has 0 saturated carbocycles. The molecule has 0 N–H and O–H groups in total. The van der Waals surface area contributed by atoms with E-state index in [0.29, 0.717) is 5.57 Å². The second kappa shape index (κ2) is 5.57. The van der Waals surface area contributed by atoms with E-state index in [9.17, 15) is 4.79 Å². The number of allylic oxidation sites excluding steroid dienone is 1. The first-order chi connectivity index (χ1) is 4.09. The molecule has 0 aliphatic carbocycles. The first kappa shape index (κ1) is 12.5. The van der Waals surface area contributed by atoms with Gasteiger partial charge in [0.15, 0.2) is 0 Å². The Labute approximate surface area is 73.5 Å². The van der Waals surface area contributed by atoms with Gasteiger partial charge in [-0.05, 0) is 20.8 Å². The molecule has 0 aliphatic heterocycles. The van der Waals surface area contributed by atoms with Crippen molar-refractivity contribution in [3.63, 3.8) is 0 Å². The van der Waals surface area contributed by atoms with Crippen LogP contribution in [0.15, 0.2) is 11.1 Å². The number of hydrogen-bond acceptors (Lipinski definition) is 2. The molecular formula is C7H12O2V. The monoisotopic (exact) mass is 179 g/mol. The maximum absolute atomic E-state index is 10.7. The van der Waals surface area contributed by atoms with Crippen LogP contribution in [0.2, 0.25) is 0 Å². The molecule has 0 aromatic carbocycles. The summed E-state index contributed by atoms with van der Waals surface area (Å²) in [5.41, 5.74) is 1.69. The number of ether oxygens (including phenoxy) is 1. The van der Waals surface area contributed by atoms with E-state index in [1.54, 1.807) is 6.92 Å². The topological polar surface area (TPSA) is 26.3 Å². The van der Waals surface area contributed by atoms with Gasteiger partial charge in [-0.2, -0.15) is 0 Å². The van der Waals surface area contributed by atoms with Crippen molar-refractivity contribution >= 4 is 5.97 Å². The van der Waals surface area contributed by atoms with Gasteiger partial charge in [0.1, 0.15) is 0 Å². The second-order valence-corrected chi connectivity index (χ2v) is 2.12.